The molecule has 1 aliphatic rings. The van der Waals surface area contributed by atoms with E-state index in [-0.39, 0.29) is 22.0 Å². The molecule has 1 saturated heterocycles. The summed E-state index contributed by atoms with van der Waals surface area (Å²) in [6.45, 7) is 0. The molecule has 7 nitrogen and oxygen atoms in total. The Kier molecular flexibility index (Phi) is 6.03. The maximum absolute atomic E-state index is 13.8. The molecule has 0 bridgehead atoms. The number of aliphatic hydroxyl groups excluding tert-OH is 1. The fourth-order valence-corrected chi connectivity index (χ4v) is 5.16. The average molecular weight is 523 g/mol. The number of ketones is 1. The van der Waals surface area contributed by atoms with Gasteiger partial charge >= 0.3 is 11.9 Å². The molecule has 0 aliphatic carbocycles. The topological polar surface area (TPSA) is 96.8 Å². The molecule has 10 heteroatoms. The molecular weight excluding hydrogens is 507 g/mol. The molecule has 0 saturated carbocycles. The van der Waals surface area contributed by atoms with Crippen LogP contribution in [0, 0.1) is 5.82 Å². The molecule has 1 N–H and O–H groups in total. The van der Waals surface area contributed by atoms with Gasteiger partial charge in [-0.05, 0) is 60.2 Å². The Balaban J connectivity index is 1.70. The third kappa shape index (κ3) is 4.02. The zero-order valence-corrected chi connectivity index (χ0v) is 20.1. The van der Waals surface area contributed by atoms with Crippen LogP contribution in [0.3, 0.4) is 0 Å². The highest BCUT2D eigenvalue weighted by molar-refractivity contribution is 7.22. The molecule has 1 fully saturated rings. The van der Waals surface area contributed by atoms with Crippen molar-refractivity contribution in [3.63, 3.8) is 0 Å². The second kappa shape index (κ2) is 9.18. The first-order chi connectivity index (χ1) is 17.3. The summed E-state index contributed by atoms with van der Waals surface area (Å²) in [4.78, 5) is 44.1. The van der Waals surface area contributed by atoms with E-state index in [1.807, 2.05) is 0 Å². The van der Waals surface area contributed by atoms with E-state index in [0.29, 0.717) is 26.4 Å². The summed E-state index contributed by atoms with van der Waals surface area (Å²) in [5.74, 6) is -3.20. The maximum atomic E-state index is 13.8. The number of esters is 1. The number of Topliss-reactive ketones (excluding diaryl/α,β-unsaturated/α-hetero) is 1. The third-order valence-corrected chi connectivity index (χ3v) is 7.02. The number of hydrogen-bond acceptors (Lipinski definition) is 7. The van der Waals surface area contributed by atoms with Gasteiger partial charge in [0.2, 0.25) is 0 Å². The number of nitrogens with zero attached hydrogens (tertiary/aromatic N) is 2. The van der Waals surface area contributed by atoms with Crippen LogP contribution in [0.5, 0.6) is 0 Å². The summed E-state index contributed by atoms with van der Waals surface area (Å²) < 4.78 is 19.0. The van der Waals surface area contributed by atoms with Crippen LogP contribution in [-0.4, -0.2) is 34.9 Å². The predicted octanol–water partition coefficient (Wildman–Crippen LogP) is 5.50. The van der Waals surface area contributed by atoms with Crippen molar-refractivity contribution in [3.05, 3.63) is 99.8 Å². The molecule has 0 unspecified atom stereocenters. The first-order valence-corrected chi connectivity index (χ1v) is 11.8. The van der Waals surface area contributed by atoms with Crippen molar-refractivity contribution in [3.8, 4) is 0 Å². The number of ether oxygens (including phenoxy) is 1. The number of aliphatic hydroxyl groups is 1. The molecule has 0 radical (unpaired) electrons. The van der Waals surface area contributed by atoms with Gasteiger partial charge in [0, 0.05) is 10.6 Å². The lowest BCUT2D eigenvalue weighted by atomic mass is 9.95. The fourth-order valence-electron chi connectivity index (χ4n) is 4.02. The Morgan fingerprint density at radius 1 is 1.06 bits per heavy atom. The van der Waals surface area contributed by atoms with E-state index >= 15 is 0 Å². The summed E-state index contributed by atoms with van der Waals surface area (Å²) in [5.41, 5.74) is 1.31. The van der Waals surface area contributed by atoms with Crippen molar-refractivity contribution in [2.75, 3.05) is 12.0 Å². The minimum atomic E-state index is -1.06. The number of anilines is 1. The molecule has 1 aromatic heterocycles. The lowest BCUT2D eigenvalue weighted by molar-refractivity contribution is -0.132. The van der Waals surface area contributed by atoms with E-state index in [2.05, 4.69) is 4.98 Å². The number of thiazole rings is 1. The molecule has 36 heavy (non-hydrogen) atoms. The van der Waals surface area contributed by atoms with Gasteiger partial charge in [0.05, 0.1) is 34.5 Å². The SMILES string of the molecule is COC(=O)c1ccc([C@H]2/C(=C(\O)c3ccc(Cl)cc3)C(=O)C(=O)N2c2nc3ccc(F)cc3s2)cc1. The van der Waals surface area contributed by atoms with Crippen molar-refractivity contribution < 1.29 is 28.6 Å². The Bertz CT molecular complexity index is 1560. The number of amides is 1. The summed E-state index contributed by atoms with van der Waals surface area (Å²) in [6.07, 6.45) is 0. The minimum Gasteiger partial charge on any atom is -0.507 e. The van der Waals surface area contributed by atoms with E-state index in [0.717, 1.165) is 11.3 Å². The number of rotatable bonds is 4. The number of carbonyl (C=O) groups is 3. The number of benzene rings is 3. The molecule has 180 valence electrons. The third-order valence-electron chi connectivity index (χ3n) is 5.75. The van der Waals surface area contributed by atoms with Crippen LogP contribution in [0.2, 0.25) is 5.02 Å². The lowest BCUT2D eigenvalue weighted by Gasteiger charge is -2.23. The molecule has 1 aliphatic heterocycles. The standard InChI is InChI=1S/C26H16ClFN2O5S/c1-35-25(34)15-4-2-13(3-5-15)21-20(22(31)14-6-8-16(27)9-7-14)23(32)24(33)30(21)26-29-18-11-10-17(28)12-19(18)36-26/h2-12,21,31H,1H3/b22-20+/t21-/m0/s1. The Hall–Kier alpha value is -4.08. The number of carbonyl (C=O) groups excluding carboxylic acids is 3. The molecule has 1 amide bonds. The number of halogens is 2. The summed E-state index contributed by atoms with van der Waals surface area (Å²) >= 11 is 7.00. The highest BCUT2D eigenvalue weighted by Crippen LogP contribution is 2.44. The molecule has 4 aromatic rings. The van der Waals surface area contributed by atoms with Gasteiger partial charge in [-0.15, -0.1) is 0 Å². The van der Waals surface area contributed by atoms with Gasteiger partial charge in [0.25, 0.3) is 5.78 Å². The lowest BCUT2D eigenvalue weighted by Crippen LogP contribution is -2.29. The average Bonchev–Trinajstić information content (AvgIpc) is 3.41. The highest BCUT2D eigenvalue weighted by Gasteiger charge is 2.48. The van der Waals surface area contributed by atoms with Crippen LogP contribution in [0.15, 0.2) is 72.3 Å². The van der Waals surface area contributed by atoms with E-state index in [9.17, 15) is 23.9 Å². The summed E-state index contributed by atoms with van der Waals surface area (Å²) in [6, 6.07) is 15.3. The first-order valence-electron chi connectivity index (χ1n) is 10.6. The van der Waals surface area contributed by atoms with Crippen LogP contribution >= 0.6 is 22.9 Å². The normalized spacial score (nSPS) is 17.1. The zero-order chi connectivity index (χ0) is 25.6. The highest BCUT2D eigenvalue weighted by atomic mass is 35.5. The number of aromatic nitrogens is 1. The largest absolute Gasteiger partial charge is 0.507 e. The quantitative estimate of drug-likeness (QED) is 0.164. The molecule has 3 aromatic carbocycles. The monoisotopic (exact) mass is 522 g/mol. The molecule has 0 spiro atoms. The van der Waals surface area contributed by atoms with Crippen LogP contribution in [-0.2, 0) is 14.3 Å². The number of fused-ring (bicyclic) bond motifs is 1. The second-order valence-electron chi connectivity index (χ2n) is 7.90. The van der Waals surface area contributed by atoms with Crippen molar-refractivity contribution >= 4 is 61.7 Å². The Morgan fingerprint density at radius 2 is 1.72 bits per heavy atom. The van der Waals surface area contributed by atoms with E-state index in [1.165, 1.54) is 54.5 Å². The van der Waals surface area contributed by atoms with Crippen LogP contribution in [0.1, 0.15) is 27.5 Å². The second-order valence-corrected chi connectivity index (χ2v) is 9.34. The molecule has 5 rings (SSSR count). The van der Waals surface area contributed by atoms with Crippen molar-refractivity contribution in [2.24, 2.45) is 0 Å². The van der Waals surface area contributed by atoms with Gasteiger partial charge in [0.15, 0.2) is 5.13 Å². The van der Waals surface area contributed by atoms with Crippen molar-refractivity contribution in [2.45, 2.75) is 6.04 Å². The fraction of sp³-hybridized carbons (Fsp3) is 0.0769. The maximum Gasteiger partial charge on any atom is 0.337 e. The first kappa shape index (κ1) is 23.7. The Morgan fingerprint density at radius 3 is 2.39 bits per heavy atom. The molecule has 1 atom stereocenters. The van der Waals surface area contributed by atoms with Gasteiger partial charge < -0.3 is 9.84 Å². The van der Waals surface area contributed by atoms with Crippen LogP contribution in [0.25, 0.3) is 16.0 Å². The van der Waals surface area contributed by atoms with Gasteiger partial charge in [-0.25, -0.2) is 14.2 Å². The van der Waals surface area contributed by atoms with Crippen molar-refractivity contribution in [1.29, 1.82) is 0 Å². The summed E-state index contributed by atoms with van der Waals surface area (Å²) in [7, 11) is 1.26. The minimum absolute atomic E-state index is 0.154. The van der Waals surface area contributed by atoms with E-state index < -0.39 is 29.5 Å². The number of methoxy groups -OCH3 is 1. The summed E-state index contributed by atoms with van der Waals surface area (Å²) in [5, 5.41) is 11.7. The van der Waals surface area contributed by atoms with Gasteiger partial charge in [0.1, 0.15) is 11.6 Å². The zero-order valence-electron chi connectivity index (χ0n) is 18.6. The van der Waals surface area contributed by atoms with Crippen LogP contribution in [0.4, 0.5) is 9.52 Å². The smallest absolute Gasteiger partial charge is 0.337 e. The molecular formula is C26H16ClFN2O5S. The number of hydrogen-bond donors (Lipinski definition) is 1. The van der Waals surface area contributed by atoms with E-state index in [4.69, 9.17) is 16.3 Å². The molecule has 2 heterocycles. The van der Waals surface area contributed by atoms with E-state index in [1.54, 1.807) is 24.3 Å². The predicted molar refractivity (Wildman–Crippen MR) is 134 cm³/mol. The van der Waals surface area contributed by atoms with Gasteiger partial charge in [-0.2, -0.15) is 0 Å². The van der Waals surface area contributed by atoms with Crippen molar-refractivity contribution in [1.82, 2.24) is 4.98 Å². The van der Waals surface area contributed by atoms with Gasteiger partial charge in [-0.3, -0.25) is 14.5 Å². The van der Waals surface area contributed by atoms with Gasteiger partial charge in [-0.1, -0.05) is 35.1 Å². The Labute approximate surface area is 213 Å². The van der Waals surface area contributed by atoms with Crippen LogP contribution < -0.4 is 4.90 Å².